The number of aliphatic carboxylic acids is 1. The number of ether oxygens (including phenoxy) is 5. The maximum Gasteiger partial charge on any atom is 0.415 e. The van der Waals surface area contributed by atoms with Crippen molar-refractivity contribution >= 4 is 93.3 Å². The number of carbonyl (C=O) groups excluding carboxylic acids is 7. The highest BCUT2D eigenvalue weighted by Crippen LogP contribution is 2.66. The van der Waals surface area contributed by atoms with Crippen LogP contribution in [0.15, 0.2) is 60.7 Å². The van der Waals surface area contributed by atoms with Gasteiger partial charge in [-0.05, 0) is 249 Å². The molecule has 2 aliphatic heterocycles. The van der Waals surface area contributed by atoms with E-state index < -0.39 is 109 Å². The molecule has 16 bridgehead atoms. The van der Waals surface area contributed by atoms with E-state index in [-0.39, 0.29) is 45.0 Å². The predicted molar refractivity (Wildman–Crippen MR) is 399 cm³/mol. The second-order valence-electron chi connectivity index (χ2n) is 34.4. The Morgan fingerprint density at radius 2 is 0.699 bits per heavy atom. The quantitative estimate of drug-likeness (QED) is 0.00567. The molecule has 2 heterocycles. The minimum absolute atomic E-state index is 0.0777. The summed E-state index contributed by atoms with van der Waals surface area (Å²) in [6, 6.07) is 19.3. The number of hydrogen-bond acceptors (Lipinski definition) is 27. The molecule has 26 nitrogen and oxygen atoms in total. The molecule has 0 amide bonds. The molecule has 113 heavy (non-hydrogen) atoms. The molecule has 0 radical (unpaired) electrons. The first kappa shape index (κ1) is 90.6. The van der Waals surface area contributed by atoms with Gasteiger partial charge in [-0.1, -0.05) is 60.7 Å². The molecule has 18 fully saturated rings. The van der Waals surface area contributed by atoms with Crippen LogP contribution in [0.2, 0.25) is 0 Å². The number of carboxylic acids is 1. The summed E-state index contributed by atoms with van der Waals surface area (Å²) in [5.41, 5.74) is -3.15. The van der Waals surface area contributed by atoms with Crippen LogP contribution in [-0.2, 0) is 93.0 Å². The van der Waals surface area contributed by atoms with Gasteiger partial charge in [0.1, 0.15) is 73.5 Å². The van der Waals surface area contributed by atoms with Crippen molar-refractivity contribution in [3.8, 4) is 0 Å². The van der Waals surface area contributed by atoms with Crippen LogP contribution in [0.5, 0.6) is 0 Å². The third-order valence-electron chi connectivity index (χ3n) is 25.2. The number of hydrogen-bond donors (Lipinski definition) is 7. The lowest BCUT2D eigenvalue weighted by atomic mass is 9.48. The average molecular weight is 1680 g/mol. The van der Waals surface area contributed by atoms with Gasteiger partial charge in [-0.2, -0.15) is 26.2 Å². The largest absolute Gasteiger partial charge is 0.691 e. The van der Waals surface area contributed by atoms with Crippen molar-refractivity contribution in [2.45, 2.75) is 213 Å². The van der Waals surface area contributed by atoms with Gasteiger partial charge in [-0.15, -0.1) is 0 Å². The first-order valence-electron chi connectivity index (χ1n) is 39.2. The molecule has 7 N–H and O–H groups in total. The lowest BCUT2D eigenvalue weighted by molar-refractivity contribution is -0.777. The number of halogens is 4. The van der Waals surface area contributed by atoms with Crippen LogP contribution in [0.1, 0.15) is 200 Å². The summed E-state index contributed by atoms with van der Waals surface area (Å²) in [5.74, 6) is 5.50. The SMILES string of the molecule is COC(=O)C(F)(F)SOO[O-].O=C(C[S+]1CCCC1)c1ccccc1.O=C(C[S+]1CCCC1)c1ccccc1.O=C(O)C12CC3CC(CC(O)(C3)C1)C2.O=C(OCCO)C12CC3CC(CC(O)(C3)C1)C2.O=C(OCCO)C12CC3CC(CC(O)(C3)C1)C2.O=C(OCCOC(=O)C(F)(F)SOO[O-])C12CC3CC(CC(O)(C3)C1)C2. The maximum atomic E-state index is 13.1. The topological polar surface area (TPSA) is 407 Å². The smallest absolute Gasteiger partial charge is 0.415 e. The van der Waals surface area contributed by atoms with E-state index in [2.05, 4.69) is 28.2 Å². The van der Waals surface area contributed by atoms with Gasteiger partial charge in [0.05, 0.1) is 64.4 Å². The van der Waals surface area contributed by atoms with Crippen molar-refractivity contribution in [2.75, 3.05) is 81.3 Å². The Morgan fingerprint density at radius 1 is 0.425 bits per heavy atom. The van der Waals surface area contributed by atoms with Gasteiger partial charge in [0.15, 0.2) is 11.5 Å². The maximum absolute atomic E-state index is 13.1. The lowest BCUT2D eigenvalue weighted by Crippen LogP contribution is -2.58. The van der Waals surface area contributed by atoms with E-state index in [0.717, 1.165) is 132 Å². The molecule has 8 unspecified atom stereocenters. The molecule has 2 saturated heterocycles. The third-order valence-corrected chi connectivity index (χ3v) is 31.0. The van der Waals surface area contributed by atoms with Gasteiger partial charge < -0.3 is 69.9 Å². The molecule has 16 saturated carbocycles. The number of alkyl halides is 4. The van der Waals surface area contributed by atoms with Crippen molar-refractivity contribution in [3.05, 3.63) is 71.8 Å². The number of carboxylic acid groups (broad SMARTS) is 1. The molecular weight excluding hydrogens is 1570 g/mol. The Bertz CT molecular complexity index is 3370. The van der Waals surface area contributed by atoms with Crippen LogP contribution in [0, 0.1) is 69.0 Å². The van der Waals surface area contributed by atoms with Crippen molar-refractivity contribution < 1.29 is 145 Å². The van der Waals surface area contributed by atoms with E-state index in [1.807, 2.05) is 60.7 Å². The second-order valence-corrected chi connectivity index (χ2v) is 40.7. The molecule has 2 aromatic rings. The van der Waals surface area contributed by atoms with Crippen LogP contribution in [0.3, 0.4) is 0 Å². The standard InChI is InChI=1S/C15H20F2O8S.2C13H20O4.2C12H15OS.C11H16O3.C3H4F2O5S/c16-15(17,26-25-24-21)12(19)23-2-1-22-11(18)13-4-9-3-10(5-13)7-14(20,6-9)8-13;2*14-1-2-17-11(15)12-4-9-3-10(5-12)7-13(16,6-9)8-12;2*13-12(10-14-8-4-5-9-14)11-6-2-1-3-7-11;12-9(13)10-2-7-1-8(3-10)5-11(14,4-7)6-10;1-8-2(6)3(4,5)11-10-9-7/h9-10,20-21H,1-8H2;2*9-10,14,16H,1-8H2;2*1-3,6-7H,4-5,8-10H2;7-8,14H,1-6H2,(H,12,13);7H,1H3/q;;;2*+1;;/p-2. The first-order chi connectivity index (χ1) is 53.6. The van der Waals surface area contributed by atoms with E-state index in [1.54, 1.807) is 0 Å². The fourth-order valence-electron chi connectivity index (χ4n) is 22.7. The van der Waals surface area contributed by atoms with Crippen LogP contribution < -0.4 is 10.5 Å². The Labute approximate surface area is 669 Å². The van der Waals surface area contributed by atoms with Crippen LogP contribution >= 0.6 is 24.1 Å². The molecule has 20 rings (SSSR count). The highest BCUT2D eigenvalue weighted by atomic mass is 32.2. The molecule has 18 aliphatic rings. The van der Waals surface area contributed by atoms with Crippen LogP contribution in [-0.4, -0.2) is 197 Å². The number of ketones is 2. The normalized spacial score (nSPS) is 34.5. The number of Topliss-reactive ketones (excluding diaryl/α,β-unsaturated/α-hetero) is 2. The average Bonchev–Trinajstić information content (AvgIpc) is 0.851. The predicted octanol–water partition coefficient (Wildman–Crippen LogP) is 8.16. The Morgan fingerprint density at radius 3 is 0.973 bits per heavy atom. The van der Waals surface area contributed by atoms with E-state index in [9.17, 15) is 86.7 Å². The fraction of sp³-hybridized carbons (Fsp3) is 0.747. The first-order valence-corrected chi connectivity index (χ1v) is 44.1. The van der Waals surface area contributed by atoms with Crippen molar-refractivity contribution in [2.24, 2.45) is 69.0 Å². The molecule has 2 aromatic carbocycles. The summed E-state index contributed by atoms with van der Waals surface area (Å²) >= 11 is -1.52. The summed E-state index contributed by atoms with van der Waals surface area (Å²) in [6.07, 6.45) is 24.7. The minimum Gasteiger partial charge on any atom is -0.691 e. The highest BCUT2D eigenvalue weighted by molar-refractivity contribution is 7.98. The Hall–Kier alpha value is -4.76. The zero-order chi connectivity index (χ0) is 81.7. The van der Waals surface area contributed by atoms with Crippen LogP contribution in [0.4, 0.5) is 17.6 Å². The number of aliphatic hydroxyl groups is 6. The number of rotatable bonds is 25. The Balaban J connectivity index is 0.000000142. The molecule has 632 valence electrons. The Kier molecular flexibility index (Phi) is 31.2. The minimum atomic E-state index is -4.13. The van der Waals surface area contributed by atoms with E-state index in [1.165, 1.54) is 48.7 Å². The summed E-state index contributed by atoms with van der Waals surface area (Å²) < 4.78 is 80.6. The van der Waals surface area contributed by atoms with Gasteiger partial charge >= 0.3 is 46.3 Å². The number of methoxy groups -OCH3 is 1. The summed E-state index contributed by atoms with van der Waals surface area (Å²) in [7, 11) is 1.56. The fourth-order valence-corrected chi connectivity index (χ4v) is 27.7. The van der Waals surface area contributed by atoms with Crippen molar-refractivity contribution in [3.63, 3.8) is 0 Å². The molecule has 34 heteroatoms. The van der Waals surface area contributed by atoms with E-state index in [0.29, 0.717) is 132 Å². The summed E-state index contributed by atoms with van der Waals surface area (Å²) in [6.45, 7) is -1.04. The number of benzene rings is 2. The molecule has 0 spiro atoms. The van der Waals surface area contributed by atoms with Gasteiger partial charge in [-0.25, -0.2) is 9.59 Å². The van der Waals surface area contributed by atoms with Gasteiger partial charge in [0, 0.05) is 11.1 Å². The van der Waals surface area contributed by atoms with Crippen molar-refractivity contribution in [1.29, 1.82) is 0 Å². The molecule has 16 aliphatic carbocycles. The molecule has 8 atom stereocenters. The zero-order valence-electron chi connectivity index (χ0n) is 63.7. The van der Waals surface area contributed by atoms with Crippen molar-refractivity contribution in [1.82, 2.24) is 0 Å². The van der Waals surface area contributed by atoms with E-state index in [4.69, 9.17) is 29.7 Å². The van der Waals surface area contributed by atoms with Gasteiger partial charge in [0.25, 0.3) is 0 Å². The lowest BCUT2D eigenvalue weighted by Gasteiger charge is -2.58. The molecule has 0 aromatic heterocycles. The third kappa shape index (κ3) is 23.6. The summed E-state index contributed by atoms with van der Waals surface area (Å²) in [5, 5.41) is 84.4. The molecular formula is C79H108F4O26S4. The monoisotopic (exact) mass is 1680 g/mol. The van der Waals surface area contributed by atoms with E-state index >= 15 is 0 Å². The highest BCUT2D eigenvalue weighted by Gasteiger charge is 2.65. The van der Waals surface area contributed by atoms with Gasteiger partial charge in [-0.3, -0.25) is 38.8 Å². The van der Waals surface area contributed by atoms with Crippen LogP contribution in [0.25, 0.3) is 0 Å². The van der Waals surface area contributed by atoms with Gasteiger partial charge in [0.2, 0.25) is 11.6 Å². The number of esters is 5. The number of carbonyl (C=O) groups is 8. The second kappa shape index (κ2) is 39.0. The zero-order valence-corrected chi connectivity index (χ0v) is 67.0. The summed E-state index contributed by atoms with van der Waals surface area (Å²) in [4.78, 5) is 93.0. The number of aliphatic hydroxyl groups excluding tert-OH is 2.